The van der Waals surface area contributed by atoms with Gasteiger partial charge in [0.05, 0.1) is 11.3 Å². The van der Waals surface area contributed by atoms with Crippen LogP contribution in [0.15, 0.2) is 48.5 Å². The van der Waals surface area contributed by atoms with Crippen molar-refractivity contribution in [3.63, 3.8) is 0 Å². The van der Waals surface area contributed by atoms with Crippen molar-refractivity contribution in [3.05, 3.63) is 71.0 Å². The van der Waals surface area contributed by atoms with E-state index in [0.717, 1.165) is 11.1 Å². The van der Waals surface area contributed by atoms with E-state index >= 15 is 0 Å². The van der Waals surface area contributed by atoms with Crippen molar-refractivity contribution in [2.24, 2.45) is 5.92 Å². The van der Waals surface area contributed by atoms with Crippen molar-refractivity contribution < 1.29 is 19.1 Å². The molecule has 2 aromatic rings. The minimum Gasteiger partial charge on any atom is -0.481 e. The summed E-state index contributed by atoms with van der Waals surface area (Å²) in [6, 6.07) is 13.5. The highest BCUT2D eigenvalue weighted by molar-refractivity contribution is 5.87. The van der Waals surface area contributed by atoms with Crippen LogP contribution in [0.5, 0.6) is 0 Å². The molecule has 0 spiro atoms. The number of carboxylic acids is 1. The lowest BCUT2D eigenvalue weighted by Gasteiger charge is -2.25. The van der Waals surface area contributed by atoms with Crippen molar-refractivity contribution in [3.8, 4) is 0 Å². The maximum absolute atomic E-state index is 13.4. The van der Waals surface area contributed by atoms with Crippen LogP contribution in [0.1, 0.15) is 30.5 Å². The molecule has 0 saturated carbocycles. The molecule has 0 heterocycles. The number of nitrogens with one attached hydrogen (secondary N) is 1. The Labute approximate surface area is 153 Å². The van der Waals surface area contributed by atoms with Gasteiger partial charge in [-0.2, -0.15) is 0 Å². The van der Waals surface area contributed by atoms with Crippen LogP contribution in [-0.2, 0) is 21.4 Å². The van der Waals surface area contributed by atoms with E-state index in [-0.39, 0.29) is 12.5 Å². The molecule has 4 nitrogen and oxygen atoms in total. The number of carbonyl (C=O) groups is 2. The van der Waals surface area contributed by atoms with Crippen LogP contribution in [0.25, 0.3) is 0 Å². The summed E-state index contributed by atoms with van der Waals surface area (Å²) in [5.41, 5.74) is 1.55. The number of rotatable bonds is 7. The van der Waals surface area contributed by atoms with Crippen LogP contribution in [0.4, 0.5) is 4.39 Å². The van der Waals surface area contributed by atoms with Gasteiger partial charge in [-0.3, -0.25) is 9.59 Å². The molecule has 0 aliphatic carbocycles. The third-order valence-corrected chi connectivity index (χ3v) is 4.54. The molecule has 0 saturated heterocycles. The molecule has 0 fully saturated rings. The summed E-state index contributed by atoms with van der Waals surface area (Å²) < 4.78 is 13.4. The summed E-state index contributed by atoms with van der Waals surface area (Å²) in [5, 5.41) is 12.2. The molecule has 138 valence electrons. The Hall–Kier alpha value is -2.69. The Morgan fingerprint density at radius 2 is 1.85 bits per heavy atom. The molecule has 1 unspecified atom stereocenters. The smallest absolute Gasteiger partial charge is 0.308 e. The van der Waals surface area contributed by atoms with Gasteiger partial charge < -0.3 is 10.4 Å². The average Bonchev–Trinajstić information content (AvgIpc) is 2.58. The number of carboxylic acid groups (broad SMARTS) is 1. The summed E-state index contributed by atoms with van der Waals surface area (Å²) in [4.78, 5) is 24.1. The standard InChI is InChI=1S/C21H24FNO3/c1-14-6-4-7-15(10-14)11-16(19(24)25)13-23-20(26)21(2,3)17-8-5-9-18(22)12-17/h4-10,12,16H,11,13H2,1-3H3,(H,23,26)(H,24,25). The van der Waals surface area contributed by atoms with Gasteiger partial charge in [0.1, 0.15) is 5.82 Å². The van der Waals surface area contributed by atoms with E-state index in [0.29, 0.717) is 12.0 Å². The zero-order valence-corrected chi connectivity index (χ0v) is 15.3. The largest absolute Gasteiger partial charge is 0.481 e. The summed E-state index contributed by atoms with van der Waals surface area (Å²) in [7, 11) is 0. The quantitative estimate of drug-likeness (QED) is 0.797. The zero-order valence-electron chi connectivity index (χ0n) is 15.3. The van der Waals surface area contributed by atoms with E-state index in [1.165, 1.54) is 12.1 Å². The molecule has 0 radical (unpaired) electrons. The Bertz CT molecular complexity index is 801. The van der Waals surface area contributed by atoms with Crippen molar-refractivity contribution in [2.45, 2.75) is 32.6 Å². The van der Waals surface area contributed by atoms with Crippen LogP contribution in [-0.4, -0.2) is 23.5 Å². The second-order valence-corrected chi connectivity index (χ2v) is 7.07. The monoisotopic (exact) mass is 357 g/mol. The van der Waals surface area contributed by atoms with Gasteiger partial charge in [0, 0.05) is 6.54 Å². The highest BCUT2D eigenvalue weighted by Crippen LogP contribution is 2.24. The number of aryl methyl sites for hydroxylation is 1. The molecular formula is C21H24FNO3. The lowest BCUT2D eigenvalue weighted by molar-refractivity contribution is -0.141. The predicted molar refractivity (Wildman–Crippen MR) is 98.4 cm³/mol. The van der Waals surface area contributed by atoms with Gasteiger partial charge in [-0.25, -0.2) is 4.39 Å². The van der Waals surface area contributed by atoms with Gasteiger partial charge in [0.25, 0.3) is 0 Å². The zero-order chi connectivity index (χ0) is 19.3. The van der Waals surface area contributed by atoms with E-state index in [2.05, 4.69) is 5.32 Å². The van der Waals surface area contributed by atoms with Crippen LogP contribution in [0.3, 0.4) is 0 Å². The lowest BCUT2D eigenvalue weighted by atomic mass is 9.83. The van der Waals surface area contributed by atoms with E-state index in [1.54, 1.807) is 26.0 Å². The van der Waals surface area contributed by atoms with Crippen molar-refractivity contribution in [1.29, 1.82) is 0 Å². The van der Waals surface area contributed by atoms with Gasteiger partial charge >= 0.3 is 5.97 Å². The normalized spacial score (nSPS) is 12.5. The SMILES string of the molecule is Cc1cccc(CC(CNC(=O)C(C)(C)c2cccc(F)c2)C(=O)O)c1. The molecule has 26 heavy (non-hydrogen) atoms. The van der Waals surface area contributed by atoms with Crippen LogP contribution < -0.4 is 5.32 Å². The number of aliphatic carboxylic acids is 1. The molecule has 1 atom stereocenters. The van der Waals surface area contributed by atoms with Gasteiger partial charge in [0.2, 0.25) is 5.91 Å². The molecule has 0 bridgehead atoms. The Kier molecular flexibility index (Phi) is 6.14. The molecule has 1 amide bonds. The highest BCUT2D eigenvalue weighted by Gasteiger charge is 2.31. The molecule has 2 aromatic carbocycles. The fourth-order valence-corrected chi connectivity index (χ4v) is 2.82. The summed E-state index contributed by atoms with van der Waals surface area (Å²) in [6.07, 6.45) is 0.331. The number of carbonyl (C=O) groups excluding carboxylic acids is 1. The van der Waals surface area contributed by atoms with E-state index in [4.69, 9.17) is 0 Å². The molecular weight excluding hydrogens is 333 g/mol. The molecule has 5 heteroatoms. The first-order valence-electron chi connectivity index (χ1n) is 8.53. The third kappa shape index (κ3) is 4.91. The van der Waals surface area contributed by atoms with Crippen LogP contribution >= 0.6 is 0 Å². The molecule has 2 rings (SSSR count). The number of hydrogen-bond acceptors (Lipinski definition) is 2. The lowest BCUT2D eigenvalue weighted by Crippen LogP contribution is -2.43. The molecule has 2 N–H and O–H groups in total. The van der Waals surface area contributed by atoms with E-state index < -0.39 is 23.1 Å². The fraction of sp³-hybridized carbons (Fsp3) is 0.333. The van der Waals surface area contributed by atoms with Crippen molar-refractivity contribution in [1.82, 2.24) is 5.32 Å². The first-order valence-corrected chi connectivity index (χ1v) is 8.53. The van der Waals surface area contributed by atoms with Gasteiger partial charge in [-0.1, -0.05) is 42.0 Å². The van der Waals surface area contributed by atoms with Gasteiger partial charge in [0.15, 0.2) is 0 Å². The van der Waals surface area contributed by atoms with Gasteiger partial charge in [-0.05, 0) is 50.5 Å². The van der Waals surface area contributed by atoms with Gasteiger partial charge in [-0.15, -0.1) is 0 Å². The maximum atomic E-state index is 13.4. The predicted octanol–water partition coefficient (Wildman–Crippen LogP) is 3.47. The maximum Gasteiger partial charge on any atom is 0.308 e. The second-order valence-electron chi connectivity index (χ2n) is 7.07. The topological polar surface area (TPSA) is 66.4 Å². The molecule has 0 aromatic heterocycles. The van der Waals surface area contributed by atoms with Crippen LogP contribution in [0.2, 0.25) is 0 Å². The fourth-order valence-electron chi connectivity index (χ4n) is 2.82. The highest BCUT2D eigenvalue weighted by atomic mass is 19.1. The number of benzene rings is 2. The number of hydrogen-bond donors (Lipinski definition) is 2. The summed E-state index contributed by atoms with van der Waals surface area (Å²) in [5.74, 6) is -2.44. The van der Waals surface area contributed by atoms with Crippen molar-refractivity contribution >= 4 is 11.9 Å². The van der Waals surface area contributed by atoms with E-state index in [1.807, 2.05) is 31.2 Å². The van der Waals surface area contributed by atoms with Crippen molar-refractivity contribution in [2.75, 3.05) is 6.54 Å². The summed E-state index contributed by atoms with van der Waals surface area (Å²) >= 11 is 0. The number of halogens is 1. The number of amides is 1. The minimum atomic E-state index is -0.964. The molecule has 0 aliphatic heterocycles. The Balaban J connectivity index is 2.06. The Morgan fingerprint density at radius 1 is 1.15 bits per heavy atom. The third-order valence-electron chi connectivity index (χ3n) is 4.54. The first kappa shape index (κ1) is 19.6. The average molecular weight is 357 g/mol. The summed E-state index contributed by atoms with van der Waals surface area (Å²) in [6.45, 7) is 5.34. The minimum absolute atomic E-state index is 0.0147. The van der Waals surface area contributed by atoms with Crippen LogP contribution in [0, 0.1) is 18.7 Å². The molecule has 0 aliphatic rings. The first-order chi connectivity index (χ1) is 12.2. The second kappa shape index (κ2) is 8.13. The Morgan fingerprint density at radius 3 is 2.46 bits per heavy atom. The van der Waals surface area contributed by atoms with E-state index in [9.17, 15) is 19.1 Å².